The van der Waals surface area contributed by atoms with E-state index in [1.54, 1.807) is 41.4 Å². The van der Waals surface area contributed by atoms with Crippen LogP contribution in [0.5, 0.6) is 5.75 Å². The average Bonchev–Trinajstić information content (AvgIpc) is 3.31. The van der Waals surface area contributed by atoms with Crippen LogP contribution in [-0.2, 0) is 11.2 Å². The van der Waals surface area contributed by atoms with Gasteiger partial charge in [0.15, 0.2) is 0 Å². The Bertz CT molecular complexity index is 1210. The summed E-state index contributed by atoms with van der Waals surface area (Å²) in [4.78, 5) is 23.7. The fraction of sp³-hybridized carbons (Fsp3) is 0.261. The molecule has 7 nitrogen and oxygen atoms in total. The first-order valence-corrected chi connectivity index (χ1v) is 10.7. The van der Waals surface area contributed by atoms with Crippen LogP contribution in [0, 0.1) is 11.3 Å². The molecule has 11 heteroatoms. The van der Waals surface area contributed by atoms with Crippen molar-refractivity contribution in [1.29, 1.82) is 5.26 Å². The minimum absolute atomic E-state index is 0.0956. The van der Waals surface area contributed by atoms with Gasteiger partial charge < -0.3 is 14.6 Å². The molecule has 1 unspecified atom stereocenters. The molecule has 2 heterocycles. The average molecular weight is 490 g/mol. The molecule has 1 fully saturated rings. The predicted molar refractivity (Wildman–Crippen MR) is 118 cm³/mol. The Labute approximate surface area is 198 Å². The minimum Gasteiger partial charge on any atom is -0.404 e. The van der Waals surface area contributed by atoms with Crippen LogP contribution >= 0.6 is 11.6 Å². The fourth-order valence-corrected chi connectivity index (χ4v) is 4.16. The maximum Gasteiger partial charge on any atom is 0.573 e. The fourth-order valence-electron chi connectivity index (χ4n) is 3.98. The lowest BCUT2D eigenvalue weighted by atomic mass is 9.99. The SMILES string of the molecule is N#Cc1ccc(CC(c2cnc[nH]2)N2CCN(c3cccc(Cl)c3)C(=O)C2)cc1OC(F)(F)F. The Balaban J connectivity index is 1.57. The number of carbonyl (C=O) groups is 1. The molecule has 0 bridgehead atoms. The number of nitrogens with zero attached hydrogens (tertiary/aromatic N) is 4. The molecule has 0 radical (unpaired) electrons. The first-order chi connectivity index (χ1) is 16.2. The molecule has 1 saturated heterocycles. The number of rotatable bonds is 6. The number of aromatic nitrogens is 2. The normalized spacial score (nSPS) is 15.7. The van der Waals surface area contributed by atoms with Crippen LogP contribution in [0.2, 0.25) is 5.02 Å². The summed E-state index contributed by atoms with van der Waals surface area (Å²) in [5.41, 5.74) is 1.72. The number of alkyl halides is 3. The van der Waals surface area contributed by atoms with Gasteiger partial charge in [0.1, 0.15) is 11.8 Å². The van der Waals surface area contributed by atoms with Crippen LogP contribution in [-0.4, -0.2) is 46.8 Å². The number of benzene rings is 2. The number of H-pyrrole nitrogens is 1. The Morgan fingerprint density at radius 1 is 1.24 bits per heavy atom. The lowest BCUT2D eigenvalue weighted by Crippen LogP contribution is -2.51. The molecule has 1 aromatic heterocycles. The molecular weight excluding hydrogens is 471 g/mol. The van der Waals surface area contributed by atoms with Gasteiger partial charge in [-0.15, -0.1) is 13.2 Å². The van der Waals surface area contributed by atoms with E-state index in [1.165, 1.54) is 18.5 Å². The van der Waals surface area contributed by atoms with Crippen LogP contribution in [0.4, 0.5) is 18.9 Å². The molecule has 0 saturated carbocycles. The van der Waals surface area contributed by atoms with E-state index in [0.29, 0.717) is 35.1 Å². The van der Waals surface area contributed by atoms with Crippen molar-refractivity contribution in [1.82, 2.24) is 14.9 Å². The molecule has 34 heavy (non-hydrogen) atoms. The van der Waals surface area contributed by atoms with E-state index in [-0.39, 0.29) is 30.5 Å². The van der Waals surface area contributed by atoms with Crippen molar-refractivity contribution in [2.45, 2.75) is 18.8 Å². The second-order valence-corrected chi connectivity index (χ2v) is 8.15. The molecule has 4 rings (SSSR count). The van der Waals surface area contributed by atoms with E-state index >= 15 is 0 Å². The Morgan fingerprint density at radius 2 is 2.06 bits per heavy atom. The molecule has 1 N–H and O–H groups in total. The summed E-state index contributed by atoms with van der Waals surface area (Å²) in [6.45, 7) is 1.03. The molecule has 3 aromatic rings. The Hall–Kier alpha value is -3.55. The molecular formula is C23H19ClF3N5O2. The quantitative estimate of drug-likeness (QED) is 0.552. The first kappa shape index (κ1) is 23.6. The molecule has 0 spiro atoms. The summed E-state index contributed by atoms with van der Waals surface area (Å²) in [7, 11) is 0. The number of carbonyl (C=O) groups excluding carboxylic acids is 1. The second kappa shape index (κ2) is 9.75. The van der Waals surface area contributed by atoms with Gasteiger partial charge >= 0.3 is 6.36 Å². The van der Waals surface area contributed by atoms with E-state index in [9.17, 15) is 18.0 Å². The van der Waals surface area contributed by atoms with Crippen LogP contribution in [0.1, 0.15) is 22.9 Å². The van der Waals surface area contributed by atoms with Crippen molar-refractivity contribution in [2.24, 2.45) is 0 Å². The van der Waals surface area contributed by atoms with Gasteiger partial charge in [0, 0.05) is 30.0 Å². The highest BCUT2D eigenvalue weighted by Gasteiger charge is 2.34. The maximum absolute atomic E-state index is 13.0. The molecule has 2 aromatic carbocycles. The number of hydrogen-bond donors (Lipinski definition) is 1. The Kier molecular flexibility index (Phi) is 6.77. The summed E-state index contributed by atoms with van der Waals surface area (Å²) >= 11 is 6.06. The number of imidazole rings is 1. The van der Waals surface area contributed by atoms with Crippen LogP contribution < -0.4 is 9.64 Å². The number of halogens is 4. The molecule has 176 valence electrons. The van der Waals surface area contributed by atoms with Gasteiger partial charge in [-0.05, 0) is 42.3 Å². The smallest absolute Gasteiger partial charge is 0.404 e. The number of aromatic amines is 1. The summed E-state index contributed by atoms with van der Waals surface area (Å²) in [5.74, 6) is -0.684. The zero-order chi connectivity index (χ0) is 24.3. The maximum atomic E-state index is 13.0. The van der Waals surface area contributed by atoms with E-state index in [1.807, 2.05) is 11.0 Å². The van der Waals surface area contributed by atoms with Gasteiger partial charge in [0.25, 0.3) is 0 Å². The zero-order valence-electron chi connectivity index (χ0n) is 17.7. The summed E-state index contributed by atoms with van der Waals surface area (Å²) < 4.78 is 42.5. The van der Waals surface area contributed by atoms with Crippen molar-refractivity contribution in [2.75, 3.05) is 24.5 Å². The molecule has 1 aliphatic heterocycles. The summed E-state index contributed by atoms with van der Waals surface area (Å²) in [6.07, 6.45) is -1.53. The third-order valence-electron chi connectivity index (χ3n) is 5.51. The van der Waals surface area contributed by atoms with Crippen molar-refractivity contribution in [3.8, 4) is 11.8 Å². The topological polar surface area (TPSA) is 85.3 Å². The number of piperazine rings is 1. The first-order valence-electron chi connectivity index (χ1n) is 10.3. The molecule has 1 aliphatic rings. The van der Waals surface area contributed by atoms with Gasteiger partial charge in [-0.1, -0.05) is 23.7 Å². The number of anilines is 1. The lowest BCUT2D eigenvalue weighted by molar-refractivity contribution is -0.274. The highest BCUT2D eigenvalue weighted by Crippen LogP contribution is 2.31. The number of ether oxygens (including phenoxy) is 1. The van der Waals surface area contributed by atoms with Gasteiger partial charge in [0.2, 0.25) is 5.91 Å². The van der Waals surface area contributed by atoms with Crippen molar-refractivity contribution >= 4 is 23.2 Å². The van der Waals surface area contributed by atoms with Gasteiger partial charge in [-0.2, -0.15) is 5.26 Å². The number of nitriles is 1. The zero-order valence-corrected chi connectivity index (χ0v) is 18.5. The monoisotopic (exact) mass is 489 g/mol. The lowest BCUT2D eigenvalue weighted by Gasteiger charge is -2.38. The second-order valence-electron chi connectivity index (χ2n) is 7.71. The van der Waals surface area contributed by atoms with Crippen LogP contribution in [0.15, 0.2) is 55.0 Å². The van der Waals surface area contributed by atoms with Crippen molar-refractivity contribution < 1.29 is 22.7 Å². The van der Waals surface area contributed by atoms with E-state index in [2.05, 4.69) is 14.7 Å². The van der Waals surface area contributed by atoms with E-state index in [4.69, 9.17) is 16.9 Å². The molecule has 1 atom stereocenters. The third-order valence-corrected chi connectivity index (χ3v) is 5.75. The van der Waals surface area contributed by atoms with Gasteiger partial charge in [0.05, 0.1) is 30.2 Å². The van der Waals surface area contributed by atoms with Crippen molar-refractivity contribution in [3.05, 3.63) is 76.8 Å². The van der Waals surface area contributed by atoms with Gasteiger partial charge in [-0.3, -0.25) is 9.69 Å². The van der Waals surface area contributed by atoms with Crippen molar-refractivity contribution in [3.63, 3.8) is 0 Å². The van der Waals surface area contributed by atoms with Crippen LogP contribution in [0.3, 0.4) is 0 Å². The summed E-state index contributed by atoms with van der Waals surface area (Å²) in [5, 5.41) is 9.67. The number of nitrogens with one attached hydrogen (secondary N) is 1. The number of amides is 1. The highest BCUT2D eigenvalue weighted by atomic mass is 35.5. The minimum atomic E-state index is -4.92. The standard InChI is InChI=1S/C23H19ClF3N5O2/c24-17-2-1-3-18(10-17)32-7-6-31(13-22(32)33)20(19-12-29-14-30-19)8-15-4-5-16(11-28)21(9-15)34-23(25,26)27/h1-5,9-10,12,14,20H,6-8,13H2,(H,29,30). The molecule has 0 aliphatic carbocycles. The van der Waals surface area contributed by atoms with Crippen LogP contribution in [0.25, 0.3) is 0 Å². The summed E-state index contributed by atoms with van der Waals surface area (Å²) in [6, 6.07) is 12.5. The number of hydrogen-bond acceptors (Lipinski definition) is 5. The highest BCUT2D eigenvalue weighted by molar-refractivity contribution is 6.30. The third kappa shape index (κ3) is 5.50. The predicted octanol–water partition coefficient (Wildman–Crippen LogP) is 4.47. The largest absolute Gasteiger partial charge is 0.573 e. The van der Waals surface area contributed by atoms with E-state index < -0.39 is 12.1 Å². The van der Waals surface area contributed by atoms with Gasteiger partial charge in [-0.25, -0.2) is 4.98 Å². The van der Waals surface area contributed by atoms with E-state index in [0.717, 1.165) is 0 Å². The molecule has 1 amide bonds. The Morgan fingerprint density at radius 3 is 2.71 bits per heavy atom.